The molecular weight excluding hydrogens is 146 g/mol. The number of hydrogen-bond acceptors (Lipinski definition) is 0. The van der Waals surface area contributed by atoms with Crippen LogP contribution in [0.1, 0.15) is 40.5 Å². The molecule has 0 aliphatic rings. The highest BCUT2D eigenvalue weighted by molar-refractivity contribution is 4.69. The van der Waals surface area contributed by atoms with Gasteiger partial charge >= 0.3 is 0 Å². The van der Waals surface area contributed by atoms with E-state index in [1.54, 1.807) is 0 Å². The number of rotatable bonds is 3. The van der Waals surface area contributed by atoms with Gasteiger partial charge in [-0.05, 0) is 18.3 Å². The zero-order valence-corrected chi connectivity index (χ0v) is 7.82. The number of alkyl halides is 2. The average Bonchev–Trinajstić information content (AvgIpc) is 1.80. The van der Waals surface area contributed by atoms with Crippen molar-refractivity contribution in [2.75, 3.05) is 0 Å². The molecule has 0 bridgehead atoms. The van der Waals surface area contributed by atoms with Gasteiger partial charge in [0.1, 0.15) is 0 Å². The molecule has 0 fully saturated rings. The van der Waals surface area contributed by atoms with E-state index in [0.29, 0.717) is 12.8 Å². The Kier molecular flexibility index (Phi) is 3.98. The van der Waals surface area contributed by atoms with Crippen LogP contribution in [0.3, 0.4) is 0 Å². The van der Waals surface area contributed by atoms with Crippen LogP contribution in [-0.2, 0) is 0 Å². The van der Waals surface area contributed by atoms with Gasteiger partial charge in [0.2, 0.25) is 6.43 Å². The van der Waals surface area contributed by atoms with Gasteiger partial charge in [0.25, 0.3) is 0 Å². The van der Waals surface area contributed by atoms with E-state index in [1.165, 1.54) is 0 Å². The molecule has 0 radical (unpaired) electrons. The SMILES string of the molecule is CCC(CC(C)(C)C)C(F)F. The third kappa shape index (κ3) is 5.16. The summed E-state index contributed by atoms with van der Waals surface area (Å²) in [6.07, 6.45) is -0.963. The molecule has 0 rings (SSSR count). The van der Waals surface area contributed by atoms with E-state index in [1.807, 2.05) is 27.7 Å². The largest absolute Gasteiger partial charge is 0.241 e. The Bertz CT molecular complexity index is 103. The molecule has 68 valence electrons. The first-order valence-corrected chi connectivity index (χ1v) is 4.15. The molecule has 0 spiro atoms. The summed E-state index contributed by atoms with van der Waals surface area (Å²) in [5, 5.41) is 0. The van der Waals surface area contributed by atoms with Gasteiger partial charge in [-0.25, -0.2) is 8.78 Å². The van der Waals surface area contributed by atoms with Crippen molar-refractivity contribution < 1.29 is 8.78 Å². The van der Waals surface area contributed by atoms with Crippen molar-refractivity contribution in [2.24, 2.45) is 11.3 Å². The van der Waals surface area contributed by atoms with Crippen LogP contribution in [-0.4, -0.2) is 6.43 Å². The van der Waals surface area contributed by atoms with Crippen LogP contribution in [0.2, 0.25) is 0 Å². The minimum atomic E-state index is -2.15. The molecule has 0 amide bonds. The monoisotopic (exact) mass is 164 g/mol. The molecule has 0 saturated heterocycles. The van der Waals surface area contributed by atoms with Crippen molar-refractivity contribution in [1.82, 2.24) is 0 Å². The first-order valence-electron chi connectivity index (χ1n) is 4.15. The summed E-state index contributed by atoms with van der Waals surface area (Å²) in [6.45, 7) is 7.82. The van der Waals surface area contributed by atoms with Gasteiger partial charge in [-0.2, -0.15) is 0 Å². The van der Waals surface area contributed by atoms with Crippen LogP contribution < -0.4 is 0 Å². The molecule has 11 heavy (non-hydrogen) atoms. The lowest BCUT2D eigenvalue weighted by Gasteiger charge is -2.24. The third-order valence-electron chi connectivity index (χ3n) is 1.76. The summed E-state index contributed by atoms with van der Waals surface area (Å²) >= 11 is 0. The molecular formula is C9H18F2. The van der Waals surface area contributed by atoms with E-state index >= 15 is 0 Å². The molecule has 0 heterocycles. The lowest BCUT2D eigenvalue weighted by atomic mass is 9.84. The number of halogens is 2. The zero-order valence-electron chi connectivity index (χ0n) is 7.82. The highest BCUT2D eigenvalue weighted by Crippen LogP contribution is 2.29. The topological polar surface area (TPSA) is 0 Å². The fourth-order valence-electron chi connectivity index (χ4n) is 1.20. The molecule has 0 N–H and O–H groups in total. The van der Waals surface area contributed by atoms with Crippen molar-refractivity contribution in [1.29, 1.82) is 0 Å². The second-order valence-electron chi connectivity index (χ2n) is 4.27. The van der Waals surface area contributed by atoms with Crippen LogP contribution in [0, 0.1) is 11.3 Å². The smallest absolute Gasteiger partial charge is 0.210 e. The first kappa shape index (κ1) is 10.9. The van der Waals surface area contributed by atoms with Gasteiger partial charge in [-0.15, -0.1) is 0 Å². The Morgan fingerprint density at radius 1 is 1.18 bits per heavy atom. The summed E-state index contributed by atoms with van der Waals surface area (Å²) in [6, 6.07) is 0. The van der Waals surface area contributed by atoms with Crippen LogP contribution in [0.25, 0.3) is 0 Å². The normalized spacial score (nSPS) is 15.5. The minimum absolute atomic E-state index is 0.0249. The zero-order chi connectivity index (χ0) is 9.07. The van der Waals surface area contributed by atoms with E-state index < -0.39 is 12.3 Å². The molecule has 0 aromatic rings. The van der Waals surface area contributed by atoms with E-state index in [4.69, 9.17) is 0 Å². The first-order chi connectivity index (χ1) is 4.87. The van der Waals surface area contributed by atoms with Crippen LogP contribution >= 0.6 is 0 Å². The molecule has 1 atom stereocenters. The van der Waals surface area contributed by atoms with Crippen LogP contribution in [0.4, 0.5) is 8.78 Å². The second kappa shape index (κ2) is 4.03. The Labute approximate surface area is 68.0 Å². The molecule has 0 aromatic carbocycles. The maximum absolute atomic E-state index is 12.2. The Morgan fingerprint density at radius 3 is 1.73 bits per heavy atom. The molecule has 0 aliphatic heterocycles. The lowest BCUT2D eigenvalue weighted by Crippen LogP contribution is -2.18. The minimum Gasteiger partial charge on any atom is -0.210 e. The summed E-state index contributed by atoms with van der Waals surface area (Å²) in [5.41, 5.74) is 0.0249. The molecule has 0 saturated carbocycles. The van der Waals surface area contributed by atoms with Crippen LogP contribution in [0.5, 0.6) is 0 Å². The van der Waals surface area contributed by atoms with Gasteiger partial charge in [0, 0.05) is 5.92 Å². The summed E-state index contributed by atoms with van der Waals surface area (Å²) in [4.78, 5) is 0. The predicted octanol–water partition coefficient (Wildman–Crippen LogP) is 3.71. The lowest BCUT2D eigenvalue weighted by molar-refractivity contribution is 0.0512. The Morgan fingerprint density at radius 2 is 1.64 bits per heavy atom. The Hall–Kier alpha value is -0.140. The van der Waals surface area contributed by atoms with E-state index in [0.717, 1.165) is 0 Å². The molecule has 0 aliphatic carbocycles. The maximum Gasteiger partial charge on any atom is 0.241 e. The van der Waals surface area contributed by atoms with E-state index in [-0.39, 0.29) is 5.41 Å². The molecule has 2 heteroatoms. The van der Waals surface area contributed by atoms with Crippen molar-refractivity contribution >= 4 is 0 Å². The standard InChI is InChI=1S/C9H18F2/c1-5-7(8(10)11)6-9(2,3)4/h7-8H,5-6H2,1-4H3. The van der Waals surface area contributed by atoms with Crippen LogP contribution in [0.15, 0.2) is 0 Å². The highest BCUT2D eigenvalue weighted by atomic mass is 19.3. The average molecular weight is 164 g/mol. The van der Waals surface area contributed by atoms with Gasteiger partial charge < -0.3 is 0 Å². The third-order valence-corrected chi connectivity index (χ3v) is 1.76. The fourth-order valence-corrected chi connectivity index (χ4v) is 1.20. The molecule has 1 unspecified atom stereocenters. The quantitative estimate of drug-likeness (QED) is 0.596. The fraction of sp³-hybridized carbons (Fsp3) is 1.00. The van der Waals surface area contributed by atoms with Crippen molar-refractivity contribution in [3.8, 4) is 0 Å². The highest BCUT2D eigenvalue weighted by Gasteiger charge is 2.24. The summed E-state index contributed by atoms with van der Waals surface area (Å²) in [5.74, 6) is -0.421. The Balaban J connectivity index is 3.88. The van der Waals surface area contributed by atoms with Gasteiger partial charge in [0.15, 0.2) is 0 Å². The van der Waals surface area contributed by atoms with E-state index in [9.17, 15) is 8.78 Å². The molecule has 0 nitrogen and oxygen atoms in total. The molecule has 0 aromatic heterocycles. The number of hydrogen-bond donors (Lipinski definition) is 0. The second-order valence-corrected chi connectivity index (χ2v) is 4.27. The van der Waals surface area contributed by atoms with Crippen molar-refractivity contribution in [3.05, 3.63) is 0 Å². The van der Waals surface area contributed by atoms with Gasteiger partial charge in [-0.1, -0.05) is 27.7 Å². The van der Waals surface area contributed by atoms with Crippen molar-refractivity contribution in [3.63, 3.8) is 0 Å². The maximum atomic E-state index is 12.2. The van der Waals surface area contributed by atoms with Crippen molar-refractivity contribution in [2.45, 2.75) is 47.0 Å². The summed E-state index contributed by atoms with van der Waals surface area (Å²) in [7, 11) is 0. The summed E-state index contributed by atoms with van der Waals surface area (Å²) < 4.78 is 24.5. The van der Waals surface area contributed by atoms with Gasteiger partial charge in [-0.3, -0.25) is 0 Å². The predicted molar refractivity (Wildman–Crippen MR) is 43.9 cm³/mol. The van der Waals surface area contributed by atoms with E-state index in [2.05, 4.69) is 0 Å². The van der Waals surface area contributed by atoms with Gasteiger partial charge in [0.05, 0.1) is 0 Å².